The van der Waals surface area contributed by atoms with E-state index in [4.69, 9.17) is 28.9 Å². The average molecular weight is 330 g/mol. The van der Waals surface area contributed by atoms with E-state index >= 15 is 0 Å². The molecule has 0 atom stereocenters. The second-order valence-corrected chi connectivity index (χ2v) is 5.56. The number of carbonyl (C=O) groups is 2. The average Bonchev–Trinajstić information content (AvgIpc) is 2.82. The Morgan fingerprint density at radius 2 is 2.05 bits per heavy atom. The summed E-state index contributed by atoms with van der Waals surface area (Å²) in [6.45, 7) is 1.40. The number of ketones is 1. The lowest BCUT2D eigenvalue weighted by molar-refractivity contribution is 0.100. The van der Waals surface area contributed by atoms with Crippen LogP contribution in [0.4, 0.5) is 10.8 Å². The van der Waals surface area contributed by atoms with Gasteiger partial charge in [-0.3, -0.25) is 14.9 Å². The summed E-state index contributed by atoms with van der Waals surface area (Å²) in [5, 5.41) is 4.72. The number of nitrogens with two attached hydrogens (primary N) is 1. The maximum atomic E-state index is 12.1. The molecule has 2 aromatic rings. The van der Waals surface area contributed by atoms with Gasteiger partial charge in [-0.1, -0.05) is 23.2 Å². The molecule has 0 bridgehead atoms. The number of Topliss-reactive ketones (excluding diaryl/α,β-unsaturated/α-hetero) is 1. The number of nitrogens with zero attached hydrogens (tertiary/aromatic N) is 1. The van der Waals surface area contributed by atoms with E-state index in [2.05, 4.69) is 10.3 Å². The number of nitrogen functional groups attached to an aromatic ring is 1. The number of carbonyl (C=O) groups excluding carboxylic acids is 2. The molecule has 0 saturated carbocycles. The first-order valence-electron chi connectivity index (χ1n) is 5.41. The lowest BCUT2D eigenvalue weighted by atomic mass is 10.2. The Balaban J connectivity index is 2.26. The molecule has 20 heavy (non-hydrogen) atoms. The first-order valence-corrected chi connectivity index (χ1v) is 7.04. The number of thiazole rings is 1. The van der Waals surface area contributed by atoms with E-state index in [-0.39, 0.29) is 21.4 Å². The monoisotopic (exact) mass is 329 g/mol. The number of rotatable bonds is 3. The lowest BCUT2D eigenvalue weighted by Gasteiger charge is -2.07. The van der Waals surface area contributed by atoms with Crippen LogP contribution in [0.2, 0.25) is 10.0 Å². The van der Waals surface area contributed by atoms with Gasteiger partial charge in [-0.05, 0) is 12.1 Å². The summed E-state index contributed by atoms with van der Waals surface area (Å²) in [5.41, 5.74) is 6.39. The minimum Gasteiger partial charge on any atom is -0.399 e. The second kappa shape index (κ2) is 5.78. The number of anilines is 2. The molecular formula is C12H9Cl2N3O2S. The molecule has 0 fully saturated rings. The van der Waals surface area contributed by atoms with Gasteiger partial charge in [0.05, 0.1) is 15.6 Å². The van der Waals surface area contributed by atoms with E-state index < -0.39 is 5.91 Å². The fourth-order valence-corrected chi connectivity index (χ4v) is 2.60. The Bertz CT molecular complexity index is 700. The number of nitrogens with one attached hydrogen (secondary N) is 1. The molecule has 0 spiro atoms. The van der Waals surface area contributed by atoms with Crippen molar-refractivity contribution in [2.45, 2.75) is 6.92 Å². The molecule has 1 aromatic heterocycles. The van der Waals surface area contributed by atoms with Crippen molar-refractivity contribution < 1.29 is 9.59 Å². The van der Waals surface area contributed by atoms with Crippen molar-refractivity contribution in [3.63, 3.8) is 0 Å². The molecule has 0 radical (unpaired) electrons. The SMILES string of the molecule is CC(=O)c1csc(NC(=O)c2cc(N)cc(Cl)c2Cl)n1. The van der Waals surface area contributed by atoms with E-state index in [0.29, 0.717) is 16.5 Å². The predicted octanol–water partition coefficient (Wildman–Crippen LogP) is 3.49. The van der Waals surface area contributed by atoms with Crippen LogP contribution >= 0.6 is 34.5 Å². The highest BCUT2D eigenvalue weighted by molar-refractivity contribution is 7.14. The molecule has 1 aromatic carbocycles. The fraction of sp³-hybridized carbons (Fsp3) is 0.0833. The molecule has 0 aliphatic rings. The Kier molecular flexibility index (Phi) is 4.27. The van der Waals surface area contributed by atoms with Gasteiger partial charge in [0.25, 0.3) is 5.91 Å². The maximum Gasteiger partial charge on any atom is 0.259 e. The molecule has 0 saturated heterocycles. The Morgan fingerprint density at radius 3 is 2.65 bits per heavy atom. The number of halogens is 2. The van der Waals surface area contributed by atoms with Gasteiger partial charge in [0.1, 0.15) is 5.69 Å². The molecule has 8 heteroatoms. The van der Waals surface area contributed by atoms with Crippen LogP contribution in [0.25, 0.3) is 0 Å². The van der Waals surface area contributed by atoms with E-state index in [1.807, 2.05) is 0 Å². The summed E-state index contributed by atoms with van der Waals surface area (Å²) >= 11 is 13.0. The first-order chi connectivity index (χ1) is 9.38. The molecule has 0 unspecified atom stereocenters. The largest absolute Gasteiger partial charge is 0.399 e. The van der Waals surface area contributed by atoms with Crippen molar-refractivity contribution in [1.29, 1.82) is 0 Å². The number of hydrogen-bond donors (Lipinski definition) is 2. The number of hydrogen-bond acceptors (Lipinski definition) is 5. The minimum atomic E-state index is -0.492. The Labute approximate surface area is 128 Å². The quantitative estimate of drug-likeness (QED) is 0.666. The zero-order valence-corrected chi connectivity index (χ0v) is 12.6. The molecule has 3 N–H and O–H groups in total. The van der Waals surface area contributed by atoms with Crippen LogP contribution in [0, 0.1) is 0 Å². The van der Waals surface area contributed by atoms with E-state index in [0.717, 1.165) is 11.3 Å². The highest BCUT2D eigenvalue weighted by Crippen LogP contribution is 2.29. The Morgan fingerprint density at radius 1 is 1.35 bits per heavy atom. The Hall–Kier alpha value is -1.63. The van der Waals surface area contributed by atoms with Crippen LogP contribution in [-0.4, -0.2) is 16.7 Å². The van der Waals surface area contributed by atoms with Gasteiger partial charge in [0.15, 0.2) is 10.9 Å². The summed E-state index contributed by atoms with van der Waals surface area (Å²) in [6, 6.07) is 2.88. The van der Waals surface area contributed by atoms with Crippen molar-refractivity contribution in [2.75, 3.05) is 11.1 Å². The van der Waals surface area contributed by atoms with Crippen molar-refractivity contribution in [3.8, 4) is 0 Å². The molecule has 1 amide bonds. The highest BCUT2D eigenvalue weighted by atomic mass is 35.5. The van der Waals surface area contributed by atoms with Crippen LogP contribution in [-0.2, 0) is 0 Å². The molecule has 0 aliphatic heterocycles. The van der Waals surface area contributed by atoms with Crippen molar-refractivity contribution >= 4 is 57.0 Å². The van der Waals surface area contributed by atoms with Gasteiger partial charge in [-0.25, -0.2) is 4.98 Å². The minimum absolute atomic E-state index is 0.113. The predicted molar refractivity (Wildman–Crippen MR) is 80.9 cm³/mol. The standard InChI is InChI=1S/C12H9Cl2N3O2S/c1-5(18)9-4-20-12(16-9)17-11(19)7-2-6(15)3-8(13)10(7)14/h2-4H,15H2,1H3,(H,16,17,19). The molecule has 0 aliphatic carbocycles. The fourth-order valence-electron chi connectivity index (χ4n) is 1.43. The zero-order valence-electron chi connectivity index (χ0n) is 10.2. The maximum absolute atomic E-state index is 12.1. The van der Waals surface area contributed by atoms with Crippen molar-refractivity contribution in [3.05, 3.63) is 38.8 Å². The van der Waals surface area contributed by atoms with E-state index in [1.54, 1.807) is 5.38 Å². The molecule has 104 valence electrons. The summed E-state index contributed by atoms with van der Waals surface area (Å²) in [7, 11) is 0. The first kappa shape index (κ1) is 14.8. The van der Waals surface area contributed by atoms with Gasteiger partial charge in [0.2, 0.25) is 0 Å². The summed E-state index contributed by atoms with van der Waals surface area (Å²) in [6.07, 6.45) is 0. The summed E-state index contributed by atoms with van der Waals surface area (Å²) in [5.74, 6) is -0.666. The topological polar surface area (TPSA) is 85.1 Å². The van der Waals surface area contributed by atoms with Gasteiger partial charge >= 0.3 is 0 Å². The van der Waals surface area contributed by atoms with Gasteiger partial charge in [-0.15, -0.1) is 11.3 Å². The van der Waals surface area contributed by atoms with Crippen LogP contribution in [0.3, 0.4) is 0 Å². The van der Waals surface area contributed by atoms with E-state index in [9.17, 15) is 9.59 Å². The smallest absolute Gasteiger partial charge is 0.259 e. The highest BCUT2D eigenvalue weighted by Gasteiger charge is 2.16. The van der Waals surface area contributed by atoms with Crippen LogP contribution in [0.15, 0.2) is 17.5 Å². The molecule has 5 nitrogen and oxygen atoms in total. The summed E-state index contributed by atoms with van der Waals surface area (Å²) < 4.78 is 0. The van der Waals surface area contributed by atoms with Crippen LogP contribution < -0.4 is 11.1 Å². The summed E-state index contributed by atoms with van der Waals surface area (Å²) in [4.78, 5) is 27.2. The third kappa shape index (κ3) is 3.09. The normalized spacial score (nSPS) is 10.3. The molecular weight excluding hydrogens is 321 g/mol. The third-order valence-electron chi connectivity index (χ3n) is 2.38. The van der Waals surface area contributed by atoms with Crippen LogP contribution in [0.1, 0.15) is 27.8 Å². The van der Waals surface area contributed by atoms with Crippen molar-refractivity contribution in [1.82, 2.24) is 4.98 Å². The van der Waals surface area contributed by atoms with Gasteiger partial charge < -0.3 is 5.73 Å². The lowest BCUT2D eigenvalue weighted by Crippen LogP contribution is -2.13. The second-order valence-electron chi connectivity index (χ2n) is 3.91. The van der Waals surface area contributed by atoms with Gasteiger partial charge in [0, 0.05) is 18.0 Å². The third-order valence-corrected chi connectivity index (χ3v) is 3.94. The van der Waals surface area contributed by atoms with Crippen LogP contribution in [0.5, 0.6) is 0 Å². The molecule has 2 rings (SSSR count). The number of aromatic nitrogens is 1. The van der Waals surface area contributed by atoms with E-state index in [1.165, 1.54) is 19.1 Å². The molecule has 1 heterocycles. The zero-order chi connectivity index (χ0) is 14.9. The van der Waals surface area contributed by atoms with Gasteiger partial charge in [-0.2, -0.15) is 0 Å². The van der Waals surface area contributed by atoms with Crippen molar-refractivity contribution in [2.24, 2.45) is 0 Å². The number of benzene rings is 1. The number of amides is 1.